The lowest BCUT2D eigenvalue weighted by atomic mass is 10.2. The molecule has 1 N–H and O–H groups in total. The molecule has 0 atom stereocenters. The predicted octanol–water partition coefficient (Wildman–Crippen LogP) is 3.62. The van der Waals surface area contributed by atoms with Crippen LogP contribution in [0.2, 0.25) is 0 Å². The van der Waals surface area contributed by atoms with Gasteiger partial charge in [0.1, 0.15) is 12.4 Å². The van der Waals surface area contributed by atoms with Gasteiger partial charge in [-0.25, -0.2) is 23.0 Å². The number of sulfonamides is 1. The van der Waals surface area contributed by atoms with Crippen molar-refractivity contribution in [3.05, 3.63) is 72.8 Å². The van der Waals surface area contributed by atoms with Crippen molar-refractivity contribution >= 4 is 26.9 Å². The molecule has 0 fully saturated rings. The Morgan fingerprint density at radius 2 is 1.73 bits per heavy atom. The van der Waals surface area contributed by atoms with Crippen molar-refractivity contribution in [2.75, 3.05) is 4.72 Å². The number of aryl methyl sites for hydroxylation is 2. The molecule has 0 spiro atoms. The number of hydrogen-bond acceptors (Lipinski definition) is 4. The first kappa shape index (κ1) is 20.0. The third-order valence-corrected chi connectivity index (χ3v) is 6.18. The molecule has 0 radical (unpaired) electrons. The molecule has 8 heteroatoms. The van der Waals surface area contributed by atoms with Gasteiger partial charge in [0.05, 0.1) is 22.5 Å². The Morgan fingerprint density at radius 3 is 2.43 bits per heavy atom. The van der Waals surface area contributed by atoms with Gasteiger partial charge < -0.3 is 0 Å². The Kier molecular flexibility index (Phi) is 5.50. The van der Waals surface area contributed by atoms with Gasteiger partial charge in [0.25, 0.3) is 15.8 Å². The molecule has 0 saturated carbocycles. The third-order valence-electron chi connectivity index (χ3n) is 4.82. The number of hydrogen-bond donors (Lipinski definition) is 1. The Bertz CT molecular complexity index is 1280. The van der Waals surface area contributed by atoms with Gasteiger partial charge in [0.2, 0.25) is 12.1 Å². The first-order chi connectivity index (χ1) is 14.5. The second kappa shape index (κ2) is 8.23. The van der Waals surface area contributed by atoms with Crippen molar-refractivity contribution in [3.63, 3.8) is 0 Å². The first-order valence-electron chi connectivity index (χ1n) is 9.90. The second-order valence-corrected chi connectivity index (χ2v) is 8.90. The van der Waals surface area contributed by atoms with Gasteiger partial charge in [-0.3, -0.25) is 4.72 Å². The minimum Gasteiger partial charge on any atom is -0.258 e. The number of para-hydroxylation sites is 2. The summed E-state index contributed by atoms with van der Waals surface area (Å²) < 4.78 is 32.5. The number of unbranched alkanes of at least 4 members (excludes halogenated alkanes) is 1. The molecule has 0 saturated heterocycles. The third kappa shape index (κ3) is 4.18. The van der Waals surface area contributed by atoms with Crippen LogP contribution in [0, 0.1) is 6.92 Å². The minimum absolute atomic E-state index is 0.180. The van der Waals surface area contributed by atoms with E-state index in [0.29, 0.717) is 16.9 Å². The zero-order valence-electron chi connectivity index (χ0n) is 17.0. The molecular formula is C22H24N5O2S+. The first-order valence-corrected chi connectivity index (χ1v) is 11.4. The highest BCUT2D eigenvalue weighted by atomic mass is 32.2. The molecular weight excluding hydrogens is 398 g/mol. The van der Waals surface area contributed by atoms with Crippen LogP contribution in [0.25, 0.3) is 16.9 Å². The molecule has 30 heavy (non-hydrogen) atoms. The van der Waals surface area contributed by atoms with Gasteiger partial charge in [0, 0.05) is 0 Å². The monoisotopic (exact) mass is 422 g/mol. The fraction of sp³-hybridized carbons (Fsp3) is 0.227. The van der Waals surface area contributed by atoms with Crippen molar-refractivity contribution < 1.29 is 13.0 Å². The molecule has 0 bridgehead atoms. The second-order valence-electron chi connectivity index (χ2n) is 7.22. The SMILES string of the molecule is CCCC[n+]1ccn(-c2nc3ccccc3nc2NS(=O)(=O)c2ccc(C)cc2)c1. The van der Waals surface area contributed by atoms with Gasteiger partial charge in [-0.05, 0) is 37.6 Å². The van der Waals surface area contributed by atoms with E-state index in [0.717, 1.165) is 24.9 Å². The fourth-order valence-corrected chi connectivity index (χ4v) is 4.14. The lowest BCUT2D eigenvalue weighted by Crippen LogP contribution is -2.30. The minimum atomic E-state index is -3.81. The molecule has 0 aliphatic carbocycles. The summed E-state index contributed by atoms with van der Waals surface area (Å²) in [5.41, 5.74) is 2.30. The van der Waals surface area contributed by atoms with Crippen LogP contribution < -0.4 is 9.29 Å². The quantitative estimate of drug-likeness (QED) is 0.461. The molecule has 4 rings (SSSR count). The lowest BCUT2D eigenvalue weighted by molar-refractivity contribution is -0.696. The molecule has 2 aromatic heterocycles. The highest BCUT2D eigenvalue weighted by Crippen LogP contribution is 2.23. The molecule has 0 unspecified atom stereocenters. The van der Waals surface area contributed by atoms with E-state index in [1.54, 1.807) is 28.8 Å². The summed E-state index contributed by atoms with van der Waals surface area (Å²) in [5.74, 6) is 0.618. The number of rotatable bonds is 7. The van der Waals surface area contributed by atoms with E-state index < -0.39 is 10.0 Å². The van der Waals surface area contributed by atoms with Gasteiger partial charge in [-0.15, -0.1) is 0 Å². The number of aromatic nitrogens is 4. The van der Waals surface area contributed by atoms with Gasteiger partial charge in [0.15, 0.2) is 0 Å². The van der Waals surface area contributed by atoms with Crippen molar-refractivity contribution in [2.45, 2.75) is 38.1 Å². The van der Waals surface area contributed by atoms with E-state index >= 15 is 0 Å². The number of nitrogens with zero attached hydrogens (tertiary/aromatic N) is 4. The smallest absolute Gasteiger partial charge is 0.258 e. The van der Waals surface area contributed by atoms with Crippen molar-refractivity contribution in [1.82, 2.24) is 14.5 Å². The van der Waals surface area contributed by atoms with E-state index in [4.69, 9.17) is 4.98 Å². The van der Waals surface area contributed by atoms with E-state index in [1.807, 2.05) is 49.9 Å². The van der Waals surface area contributed by atoms with Crippen LogP contribution in [0.1, 0.15) is 25.3 Å². The zero-order chi connectivity index (χ0) is 21.1. The van der Waals surface area contributed by atoms with Gasteiger partial charge in [-0.2, -0.15) is 4.57 Å². The molecule has 154 valence electrons. The van der Waals surface area contributed by atoms with E-state index in [2.05, 4.69) is 21.2 Å². The average Bonchev–Trinajstić information content (AvgIpc) is 3.20. The molecule has 7 nitrogen and oxygen atoms in total. The van der Waals surface area contributed by atoms with Crippen molar-refractivity contribution in [1.29, 1.82) is 0 Å². The molecule has 0 aliphatic heterocycles. The van der Waals surface area contributed by atoms with Crippen LogP contribution in [0.3, 0.4) is 0 Å². The van der Waals surface area contributed by atoms with E-state index in [-0.39, 0.29) is 10.7 Å². The maximum absolute atomic E-state index is 13.0. The summed E-state index contributed by atoms with van der Waals surface area (Å²) in [5, 5.41) is 0. The summed E-state index contributed by atoms with van der Waals surface area (Å²) in [4.78, 5) is 9.44. The van der Waals surface area contributed by atoms with Crippen LogP contribution >= 0.6 is 0 Å². The fourth-order valence-electron chi connectivity index (χ4n) is 3.14. The summed E-state index contributed by atoms with van der Waals surface area (Å²) in [6.07, 6.45) is 7.86. The number of fused-ring (bicyclic) bond motifs is 1. The Hall–Kier alpha value is -3.26. The summed E-state index contributed by atoms with van der Waals surface area (Å²) in [6, 6.07) is 14.1. The largest absolute Gasteiger partial charge is 0.270 e. The lowest BCUT2D eigenvalue weighted by Gasteiger charge is -2.10. The maximum Gasteiger partial charge on any atom is 0.270 e. The van der Waals surface area contributed by atoms with E-state index in [1.165, 1.54) is 0 Å². The Labute approximate surface area is 176 Å². The average molecular weight is 423 g/mol. The predicted molar refractivity (Wildman–Crippen MR) is 116 cm³/mol. The topological polar surface area (TPSA) is 80.8 Å². The molecule has 2 heterocycles. The summed E-state index contributed by atoms with van der Waals surface area (Å²) >= 11 is 0. The number of imidazole rings is 1. The van der Waals surface area contributed by atoms with Crippen LogP contribution in [-0.2, 0) is 16.6 Å². The zero-order valence-corrected chi connectivity index (χ0v) is 17.8. The standard InChI is InChI=1S/C22H24N5O2S/c1-3-4-13-26-14-15-27(16-26)22-21(23-19-7-5-6-8-20(19)24-22)25-30(28,29)18-11-9-17(2)10-12-18/h5-12,14-16H,3-4,13H2,1-2H3,(H,23,25)/q+1. The van der Waals surface area contributed by atoms with Crippen LogP contribution in [0.5, 0.6) is 0 Å². The summed E-state index contributed by atoms with van der Waals surface area (Å²) in [7, 11) is -3.81. The number of nitrogens with one attached hydrogen (secondary N) is 1. The molecule has 0 aliphatic rings. The molecule has 0 amide bonds. The normalized spacial score (nSPS) is 11.7. The molecule has 2 aromatic carbocycles. The maximum atomic E-state index is 13.0. The van der Waals surface area contributed by atoms with Crippen molar-refractivity contribution in [3.8, 4) is 5.82 Å². The van der Waals surface area contributed by atoms with Crippen LogP contribution in [0.15, 0.2) is 72.1 Å². The number of anilines is 1. The Morgan fingerprint density at radius 1 is 1.03 bits per heavy atom. The Balaban J connectivity index is 1.78. The molecule has 4 aromatic rings. The highest BCUT2D eigenvalue weighted by molar-refractivity contribution is 7.92. The van der Waals surface area contributed by atoms with Crippen LogP contribution in [0.4, 0.5) is 5.82 Å². The highest BCUT2D eigenvalue weighted by Gasteiger charge is 2.22. The van der Waals surface area contributed by atoms with Gasteiger partial charge >= 0.3 is 0 Å². The van der Waals surface area contributed by atoms with Gasteiger partial charge in [-0.1, -0.05) is 43.2 Å². The summed E-state index contributed by atoms with van der Waals surface area (Å²) in [6.45, 7) is 4.94. The van der Waals surface area contributed by atoms with Crippen molar-refractivity contribution in [2.24, 2.45) is 0 Å². The number of benzene rings is 2. The van der Waals surface area contributed by atoms with E-state index in [9.17, 15) is 8.42 Å². The van der Waals surface area contributed by atoms with Crippen LogP contribution in [-0.4, -0.2) is 23.0 Å².